The van der Waals surface area contributed by atoms with Gasteiger partial charge in [-0.25, -0.2) is 21.9 Å². The van der Waals surface area contributed by atoms with Crippen molar-refractivity contribution in [2.24, 2.45) is 5.92 Å². The highest BCUT2D eigenvalue weighted by atomic mass is 35.5. The molecule has 1 saturated carbocycles. The highest BCUT2D eigenvalue weighted by Gasteiger charge is 2.30. The van der Waals surface area contributed by atoms with Crippen molar-refractivity contribution in [3.8, 4) is 5.75 Å². The van der Waals surface area contributed by atoms with Crippen LogP contribution in [0, 0.1) is 17.6 Å². The Morgan fingerprint density at radius 3 is 2.65 bits per heavy atom. The molecule has 1 aliphatic carbocycles. The molecule has 1 aliphatic heterocycles. The summed E-state index contributed by atoms with van der Waals surface area (Å²) >= 11 is 6.18. The lowest BCUT2D eigenvalue weighted by Gasteiger charge is -2.33. The minimum atomic E-state index is -3.80. The number of hydrogen-bond acceptors (Lipinski definition) is 5. The van der Waals surface area contributed by atoms with Crippen LogP contribution in [0.25, 0.3) is 0 Å². The number of sulfonamides is 1. The van der Waals surface area contributed by atoms with E-state index in [2.05, 4.69) is 4.90 Å². The number of benzene rings is 2. The van der Waals surface area contributed by atoms with Crippen LogP contribution in [-0.2, 0) is 16.6 Å². The van der Waals surface area contributed by atoms with Gasteiger partial charge in [0.2, 0.25) is 10.0 Å². The van der Waals surface area contributed by atoms with Crippen molar-refractivity contribution < 1.29 is 26.7 Å². The summed E-state index contributed by atoms with van der Waals surface area (Å²) in [4.78, 5) is 14.5. The van der Waals surface area contributed by atoms with Gasteiger partial charge < -0.3 is 4.74 Å². The van der Waals surface area contributed by atoms with Crippen LogP contribution in [-0.4, -0.2) is 45.2 Å². The molecule has 0 aromatic heterocycles. The van der Waals surface area contributed by atoms with Crippen molar-refractivity contribution in [3.05, 3.63) is 63.7 Å². The predicted molar refractivity (Wildman–Crippen MR) is 126 cm³/mol. The standard InChI is InChI=1S/C24H27ClF2N2O4S/c1-34(31,32)28-24(30)20-10-19(16-4-5-16)23(11-22(20)27)33-14-15-3-2-8-29(12-15)13-17-6-7-18(26)9-21(17)25/h6-7,9-11,15-16H,2-5,8,12-14H2,1H3,(H,28,30)/t15-/m1/s1. The van der Waals surface area contributed by atoms with Crippen molar-refractivity contribution in [2.45, 2.75) is 38.1 Å². The van der Waals surface area contributed by atoms with E-state index in [1.54, 1.807) is 6.07 Å². The molecule has 184 valence electrons. The second-order valence-electron chi connectivity index (χ2n) is 9.14. The number of amides is 1. The van der Waals surface area contributed by atoms with Gasteiger partial charge in [-0.1, -0.05) is 17.7 Å². The lowest BCUT2D eigenvalue weighted by molar-refractivity contribution is 0.0977. The van der Waals surface area contributed by atoms with E-state index in [4.69, 9.17) is 16.3 Å². The molecule has 2 aliphatic rings. The zero-order chi connectivity index (χ0) is 24.5. The van der Waals surface area contributed by atoms with Gasteiger partial charge in [0, 0.05) is 30.1 Å². The molecule has 2 aromatic carbocycles. The van der Waals surface area contributed by atoms with E-state index in [1.807, 2.05) is 4.72 Å². The summed E-state index contributed by atoms with van der Waals surface area (Å²) in [7, 11) is -3.80. The van der Waals surface area contributed by atoms with E-state index in [0.717, 1.165) is 56.2 Å². The molecule has 34 heavy (non-hydrogen) atoms. The van der Waals surface area contributed by atoms with Gasteiger partial charge in [-0.15, -0.1) is 0 Å². The first-order chi connectivity index (χ1) is 16.1. The van der Waals surface area contributed by atoms with E-state index >= 15 is 0 Å². The van der Waals surface area contributed by atoms with Crippen molar-refractivity contribution in [2.75, 3.05) is 26.0 Å². The van der Waals surface area contributed by atoms with Crippen LogP contribution >= 0.6 is 11.6 Å². The molecule has 0 spiro atoms. The average molecular weight is 513 g/mol. The van der Waals surface area contributed by atoms with Crippen LogP contribution in [0.1, 0.15) is 53.1 Å². The maximum Gasteiger partial charge on any atom is 0.267 e. The second-order valence-corrected chi connectivity index (χ2v) is 11.3. The number of likely N-dealkylation sites (tertiary alicyclic amines) is 1. The first kappa shape index (κ1) is 24.9. The number of piperidine rings is 1. The Labute approximate surface area is 203 Å². The molecule has 1 heterocycles. The monoisotopic (exact) mass is 512 g/mol. The smallest absolute Gasteiger partial charge is 0.267 e. The first-order valence-electron chi connectivity index (χ1n) is 11.2. The number of halogens is 3. The van der Waals surface area contributed by atoms with Gasteiger partial charge in [-0.2, -0.15) is 0 Å². The van der Waals surface area contributed by atoms with E-state index < -0.39 is 21.7 Å². The highest BCUT2D eigenvalue weighted by molar-refractivity contribution is 7.89. The Morgan fingerprint density at radius 1 is 1.21 bits per heavy atom. The minimum absolute atomic E-state index is 0.170. The summed E-state index contributed by atoms with van der Waals surface area (Å²) in [6, 6.07) is 7.01. The van der Waals surface area contributed by atoms with Crippen LogP contribution in [0.3, 0.4) is 0 Å². The molecule has 6 nitrogen and oxygen atoms in total. The largest absolute Gasteiger partial charge is 0.493 e. The third kappa shape index (κ3) is 6.46. The summed E-state index contributed by atoms with van der Waals surface area (Å²) in [5, 5.41) is 0.405. The lowest BCUT2D eigenvalue weighted by Crippen LogP contribution is -2.37. The summed E-state index contributed by atoms with van der Waals surface area (Å²) in [5.74, 6) is -1.39. The van der Waals surface area contributed by atoms with Crippen LogP contribution < -0.4 is 9.46 Å². The van der Waals surface area contributed by atoms with Crippen LogP contribution in [0.15, 0.2) is 30.3 Å². The summed E-state index contributed by atoms with van der Waals surface area (Å²) in [6.45, 7) is 2.67. The van der Waals surface area contributed by atoms with Crippen molar-refractivity contribution >= 4 is 27.5 Å². The fourth-order valence-corrected chi connectivity index (χ4v) is 5.01. The van der Waals surface area contributed by atoms with Gasteiger partial charge >= 0.3 is 0 Å². The quantitative estimate of drug-likeness (QED) is 0.564. The molecule has 2 aromatic rings. The Hall–Kier alpha value is -2.23. The van der Waals surface area contributed by atoms with E-state index in [9.17, 15) is 22.0 Å². The van der Waals surface area contributed by atoms with Gasteiger partial charge in [-0.3, -0.25) is 9.69 Å². The van der Waals surface area contributed by atoms with Gasteiger partial charge in [-0.05, 0) is 67.5 Å². The predicted octanol–water partition coefficient (Wildman–Crippen LogP) is 4.48. The van der Waals surface area contributed by atoms with E-state index in [0.29, 0.717) is 23.9 Å². The lowest BCUT2D eigenvalue weighted by atomic mass is 9.98. The normalized spacial score (nSPS) is 19.1. The topological polar surface area (TPSA) is 75.7 Å². The number of nitrogens with zero attached hydrogens (tertiary/aromatic N) is 1. The average Bonchev–Trinajstić information content (AvgIpc) is 3.58. The molecule has 1 amide bonds. The molecular formula is C24H27ClF2N2O4S. The van der Waals surface area contributed by atoms with Gasteiger partial charge in [0.25, 0.3) is 5.91 Å². The van der Waals surface area contributed by atoms with Crippen molar-refractivity contribution in [1.29, 1.82) is 0 Å². The Bertz CT molecular complexity index is 1190. The highest BCUT2D eigenvalue weighted by Crippen LogP contribution is 2.45. The number of ether oxygens (including phenoxy) is 1. The third-order valence-electron chi connectivity index (χ3n) is 6.13. The zero-order valence-corrected chi connectivity index (χ0v) is 20.4. The summed E-state index contributed by atoms with van der Waals surface area (Å²) in [6.07, 6.45) is 4.60. The molecule has 1 N–H and O–H groups in total. The molecule has 0 radical (unpaired) electrons. The molecule has 2 fully saturated rings. The van der Waals surface area contributed by atoms with Crippen molar-refractivity contribution in [3.63, 3.8) is 0 Å². The van der Waals surface area contributed by atoms with Gasteiger partial charge in [0.05, 0.1) is 18.4 Å². The van der Waals surface area contributed by atoms with E-state index in [1.165, 1.54) is 24.3 Å². The van der Waals surface area contributed by atoms with Crippen molar-refractivity contribution in [1.82, 2.24) is 9.62 Å². The summed E-state index contributed by atoms with van der Waals surface area (Å²) in [5.41, 5.74) is 1.29. The number of nitrogens with one attached hydrogen (secondary N) is 1. The molecule has 0 unspecified atom stereocenters. The second kappa shape index (κ2) is 10.2. The third-order valence-corrected chi connectivity index (χ3v) is 7.03. The van der Waals surface area contributed by atoms with Crippen LogP contribution in [0.5, 0.6) is 5.75 Å². The van der Waals surface area contributed by atoms with Crippen LogP contribution in [0.2, 0.25) is 5.02 Å². The van der Waals surface area contributed by atoms with Gasteiger partial charge in [0.1, 0.15) is 17.4 Å². The summed E-state index contributed by atoms with van der Waals surface area (Å²) < 4.78 is 58.6. The molecule has 10 heteroatoms. The first-order valence-corrected chi connectivity index (χ1v) is 13.5. The number of carbonyl (C=O) groups is 1. The molecule has 0 bridgehead atoms. The Morgan fingerprint density at radius 2 is 1.97 bits per heavy atom. The maximum atomic E-state index is 14.7. The van der Waals surface area contributed by atoms with E-state index in [-0.39, 0.29) is 23.2 Å². The molecule has 1 saturated heterocycles. The molecule has 1 atom stereocenters. The zero-order valence-electron chi connectivity index (χ0n) is 18.8. The molecule has 4 rings (SSSR count). The maximum absolute atomic E-state index is 14.7. The SMILES string of the molecule is CS(=O)(=O)NC(=O)c1cc(C2CC2)c(OC[C@@H]2CCCN(Cc3ccc(F)cc3Cl)C2)cc1F. The number of rotatable bonds is 8. The number of carbonyl (C=O) groups excluding carboxylic acids is 1. The minimum Gasteiger partial charge on any atom is -0.493 e. The fraction of sp³-hybridized carbons (Fsp3) is 0.458. The molecular weight excluding hydrogens is 486 g/mol. The van der Waals surface area contributed by atoms with Gasteiger partial charge in [0.15, 0.2) is 0 Å². The fourth-order valence-electron chi connectivity index (χ4n) is 4.34. The van der Waals surface area contributed by atoms with Crippen LogP contribution in [0.4, 0.5) is 8.78 Å². The Balaban J connectivity index is 1.42. The number of hydrogen-bond donors (Lipinski definition) is 1. The Kier molecular flexibility index (Phi) is 7.45.